The van der Waals surface area contributed by atoms with Crippen molar-refractivity contribution in [3.05, 3.63) is 0 Å². The highest BCUT2D eigenvalue weighted by Gasteiger charge is 2.35. The largest absolute Gasteiger partial charge is 0.178 e. The summed E-state index contributed by atoms with van der Waals surface area (Å²) in [6.45, 7) is 0. The van der Waals surface area contributed by atoms with Crippen molar-refractivity contribution < 1.29 is 0 Å². The Labute approximate surface area is 117 Å². The Balaban J connectivity index is 2.59. The van der Waals surface area contributed by atoms with Gasteiger partial charge in [0, 0.05) is 44.0 Å². The topological polar surface area (TPSA) is 0 Å². The van der Waals surface area contributed by atoms with Crippen LogP contribution >= 0.6 is 74.0 Å². The maximum absolute atomic E-state index is 4.40. The van der Waals surface area contributed by atoms with Gasteiger partial charge in [0.05, 0.1) is 0 Å². The Hall–Kier alpha value is 2.10. The average molecular weight is 305 g/mol. The first-order valence-electron chi connectivity index (χ1n) is 4.51. The molecule has 6 heteroatoms. The standard InChI is InChI=1S/C8H16S6/c9-1-5-6(2-10)14-8(4-12)7(3-11)13-5/h5-12H,1-4H2. The molecule has 84 valence electrons. The molecule has 0 nitrogen and oxygen atoms in total. The molecule has 0 saturated carbocycles. The van der Waals surface area contributed by atoms with Crippen molar-refractivity contribution in [2.75, 3.05) is 23.0 Å². The smallest absolute Gasteiger partial charge is 0.0266 e. The van der Waals surface area contributed by atoms with Crippen LogP contribution in [0.2, 0.25) is 0 Å². The molecule has 0 spiro atoms. The van der Waals surface area contributed by atoms with E-state index in [1.165, 1.54) is 0 Å². The van der Waals surface area contributed by atoms with E-state index in [0.29, 0.717) is 21.0 Å². The zero-order valence-corrected chi connectivity index (χ0v) is 13.0. The molecule has 14 heavy (non-hydrogen) atoms. The number of hydrogen-bond acceptors (Lipinski definition) is 6. The Bertz CT molecular complexity index is 130. The Morgan fingerprint density at radius 2 is 0.786 bits per heavy atom. The third-order valence-corrected chi connectivity index (χ3v) is 8.53. The number of thioether (sulfide) groups is 2. The summed E-state index contributed by atoms with van der Waals surface area (Å²) in [4.78, 5) is 0. The summed E-state index contributed by atoms with van der Waals surface area (Å²) in [5.41, 5.74) is 0. The minimum absolute atomic E-state index is 0.620. The first-order chi connectivity index (χ1) is 6.76. The summed E-state index contributed by atoms with van der Waals surface area (Å²) in [6.07, 6.45) is 0. The summed E-state index contributed by atoms with van der Waals surface area (Å²) < 4.78 is 0. The lowest BCUT2D eigenvalue weighted by Crippen LogP contribution is -2.40. The highest BCUT2D eigenvalue weighted by Crippen LogP contribution is 2.42. The first-order valence-corrected chi connectivity index (χ1v) is 8.92. The second kappa shape index (κ2) is 7.43. The van der Waals surface area contributed by atoms with E-state index in [1.807, 2.05) is 23.5 Å². The highest BCUT2D eigenvalue weighted by molar-refractivity contribution is 8.09. The third-order valence-electron chi connectivity index (χ3n) is 2.25. The van der Waals surface area contributed by atoms with Gasteiger partial charge >= 0.3 is 0 Å². The van der Waals surface area contributed by atoms with E-state index in [-0.39, 0.29) is 0 Å². The molecule has 4 atom stereocenters. The van der Waals surface area contributed by atoms with Gasteiger partial charge in [0.15, 0.2) is 0 Å². The van der Waals surface area contributed by atoms with Crippen LogP contribution in [0.3, 0.4) is 0 Å². The van der Waals surface area contributed by atoms with Crippen molar-refractivity contribution >= 4 is 74.0 Å². The Kier molecular flexibility index (Phi) is 7.52. The van der Waals surface area contributed by atoms with Gasteiger partial charge in [-0.05, 0) is 0 Å². The molecule has 0 N–H and O–H groups in total. The monoisotopic (exact) mass is 304 g/mol. The Morgan fingerprint density at radius 1 is 0.571 bits per heavy atom. The average Bonchev–Trinajstić information content (AvgIpc) is 2.26. The van der Waals surface area contributed by atoms with Gasteiger partial charge in [0.1, 0.15) is 0 Å². The minimum Gasteiger partial charge on any atom is -0.178 e. The van der Waals surface area contributed by atoms with Gasteiger partial charge in [-0.3, -0.25) is 0 Å². The molecular formula is C8H16S6. The van der Waals surface area contributed by atoms with Crippen LogP contribution in [0.15, 0.2) is 0 Å². The van der Waals surface area contributed by atoms with Gasteiger partial charge in [-0.25, -0.2) is 0 Å². The molecule has 0 aliphatic carbocycles. The van der Waals surface area contributed by atoms with E-state index in [1.54, 1.807) is 0 Å². The molecule has 1 aliphatic rings. The lowest BCUT2D eigenvalue weighted by atomic mass is 10.3. The lowest BCUT2D eigenvalue weighted by Gasteiger charge is -2.38. The summed E-state index contributed by atoms with van der Waals surface area (Å²) in [5.74, 6) is 3.75. The van der Waals surface area contributed by atoms with Crippen LogP contribution in [0.5, 0.6) is 0 Å². The van der Waals surface area contributed by atoms with E-state index >= 15 is 0 Å². The fraction of sp³-hybridized carbons (Fsp3) is 1.00. The number of thiol groups is 4. The van der Waals surface area contributed by atoms with E-state index in [0.717, 1.165) is 23.0 Å². The van der Waals surface area contributed by atoms with Crippen LogP contribution in [0.25, 0.3) is 0 Å². The molecule has 0 bridgehead atoms. The van der Waals surface area contributed by atoms with Gasteiger partial charge < -0.3 is 0 Å². The third kappa shape index (κ3) is 3.55. The molecule has 0 aromatic rings. The molecule has 1 rings (SSSR count). The van der Waals surface area contributed by atoms with Crippen LogP contribution in [-0.4, -0.2) is 44.0 Å². The summed E-state index contributed by atoms with van der Waals surface area (Å²) in [5, 5.41) is 2.48. The van der Waals surface area contributed by atoms with Gasteiger partial charge in [-0.15, -0.1) is 0 Å². The van der Waals surface area contributed by atoms with Crippen molar-refractivity contribution in [3.63, 3.8) is 0 Å². The van der Waals surface area contributed by atoms with Crippen LogP contribution in [0, 0.1) is 0 Å². The maximum atomic E-state index is 4.40. The van der Waals surface area contributed by atoms with E-state index in [9.17, 15) is 0 Å². The van der Waals surface area contributed by atoms with Crippen molar-refractivity contribution in [1.29, 1.82) is 0 Å². The highest BCUT2D eigenvalue weighted by atomic mass is 32.2. The van der Waals surface area contributed by atoms with Crippen LogP contribution < -0.4 is 0 Å². The van der Waals surface area contributed by atoms with E-state index in [2.05, 4.69) is 50.5 Å². The SMILES string of the molecule is SCC1SC(CS)C(CS)SC1CS. The zero-order valence-electron chi connectivity index (χ0n) is 7.74. The van der Waals surface area contributed by atoms with Gasteiger partial charge in [-0.2, -0.15) is 74.0 Å². The maximum Gasteiger partial charge on any atom is 0.0266 e. The molecular weight excluding hydrogens is 288 g/mol. The van der Waals surface area contributed by atoms with E-state index < -0.39 is 0 Å². The molecule has 1 aliphatic heterocycles. The molecule has 0 aromatic heterocycles. The van der Waals surface area contributed by atoms with Crippen molar-refractivity contribution in [2.45, 2.75) is 21.0 Å². The zero-order chi connectivity index (χ0) is 10.6. The van der Waals surface area contributed by atoms with Gasteiger partial charge in [0.2, 0.25) is 0 Å². The van der Waals surface area contributed by atoms with Crippen LogP contribution in [-0.2, 0) is 0 Å². The van der Waals surface area contributed by atoms with Crippen molar-refractivity contribution in [2.24, 2.45) is 0 Å². The molecule has 0 aromatic carbocycles. The Morgan fingerprint density at radius 3 is 0.929 bits per heavy atom. The normalized spacial score (nSPS) is 38.6. The lowest BCUT2D eigenvalue weighted by molar-refractivity contribution is 0.862. The second-order valence-electron chi connectivity index (χ2n) is 3.16. The number of hydrogen-bond donors (Lipinski definition) is 4. The molecule has 1 fully saturated rings. The molecule has 0 radical (unpaired) electrons. The van der Waals surface area contributed by atoms with Crippen molar-refractivity contribution in [1.82, 2.24) is 0 Å². The van der Waals surface area contributed by atoms with Gasteiger partial charge in [0.25, 0.3) is 0 Å². The predicted molar refractivity (Wildman–Crippen MR) is 85.7 cm³/mol. The quantitative estimate of drug-likeness (QED) is 0.590. The summed E-state index contributed by atoms with van der Waals surface area (Å²) >= 11 is 21.7. The predicted octanol–water partition coefficient (Wildman–Crippen LogP) is 2.66. The fourth-order valence-corrected chi connectivity index (χ4v) is 7.16. The van der Waals surface area contributed by atoms with Crippen LogP contribution in [0.4, 0.5) is 0 Å². The fourth-order valence-electron chi connectivity index (χ4n) is 1.44. The first kappa shape index (κ1) is 14.2. The van der Waals surface area contributed by atoms with Gasteiger partial charge in [-0.1, -0.05) is 0 Å². The minimum atomic E-state index is 0.620. The molecule has 1 heterocycles. The second-order valence-corrected chi connectivity index (χ2v) is 7.58. The summed E-state index contributed by atoms with van der Waals surface area (Å²) in [7, 11) is 0. The molecule has 1 saturated heterocycles. The van der Waals surface area contributed by atoms with Crippen molar-refractivity contribution in [3.8, 4) is 0 Å². The van der Waals surface area contributed by atoms with E-state index in [4.69, 9.17) is 0 Å². The van der Waals surface area contributed by atoms with Crippen LogP contribution in [0.1, 0.15) is 0 Å². The molecule has 4 unspecified atom stereocenters. The number of rotatable bonds is 4. The summed E-state index contributed by atoms with van der Waals surface area (Å²) in [6, 6.07) is 0. The molecule has 0 amide bonds.